The molecule has 0 atom stereocenters. The van der Waals surface area contributed by atoms with Crippen LogP contribution >= 0.6 is 31.9 Å². The van der Waals surface area contributed by atoms with Gasteiger partial charge in [0.25, 0.3) is 0 Å². The fourth-order valence-electron chi connectivity index (χ4n) is 2.02. The zero-order chi connectivity index (χ0) is 17.8. The third kappa shape index (κ3) is 4.31. The molecule has 1 heterocycles. The minimum Gasteiger partial charge on any atom is -0.483 e. The summed E-state index contributed by atoms with van der Waals surface area (Å²) in [6, 6.07) is 11.6. The summed E-state index contributed by atoms with van der Waals surface area (Å²) in [6.45, 7) is -2.76. The van der Waals surface area contributed by atoms with E-state index in [1.165, 1.54) is 16.8 Å². The van der Waals surface area contributed by atoms with Crippen molar-refractivity contribution in [2.24, 2.45) is 0 Å². The van der Waals surface area contributed by atoms with Crippen LogP contribution in [0, 0.1) is 0 Å². The topological polar surface area (TPSA) is 62.1 Å². The maximum Gasteiger partial charge on any atom is 0.387 e. The Labute approximate surface area is 158 Å². The van der Waals surface area contributed by atoms with Crippen LogP contribution in [-0.2, 0) is 6.61 Å². The molecular formula is C15H10Br2F2N4O2. The summed E-state index contributed by atoms with van der Waals surface area (Å²) in [7, 11) is 0. The van der Waals surface area contributed by atoms with E-state index < -0.39 is 6.61 Å². The van der Waals surface area contributed by atoms with Crippen LogP contribution in [0.1, 0.15) is 5.82 Å². The Morgan fingerprint density at radius 2 is 1.72 bits per heavy atom. The zero-order valence-corrected chi connectivity index (χ0v) is 15.6. The molecule has 2 aromatic carbocycles. The number of tetrazole rings is 1. The van der Waals surface area contributed by atoms with Crippen molar-refractivity contribution in [3.63, 3.8) is 0 Å². The van der Waals surface area contributed by atoms with Crippen molar-refractivity contribution in [2.75, 3.05) is 0 Å². The highest BCUT2D eigenvalue weighted by Gasteiger charge is 2.12. The van der Waals surface area contributed by atoms with Gasteiger partial charge >= 0.3 is 6.61 Å². The highest BCUT2D eigenvalue weighted by molar-refractivity contribution is 9.11. The lowest BCUT2D eigenvalue weighted by Crippen LogP contribution is -2.07. The SMILES string of the molecule is FC(F)Oc1ccc(-n2nnnc2COc2c(Br)cccc2Br)cc1. The first-order valence-electron chi connectivity index (χ1n) is 6.94. The second-order valence-electron chi connectivity index (χ2n) is 4.72. The van der Waals surface area contributed by atoms with E-state index in [4.69, 9.17) is 4.74 Å². The van der Waals surface area contributed by atoms with Crippen molar-refractivity contribution in [2.45, 2.75) is 13.2 Å². The van der Waals surface area contributed by atoms with Gasteiger partial charge in [0.2, 0.25) is 0 Å². The minimum absolute atomic E-state index is 0.0572. The standard InChI is InChI=1S/C15H10Br2F2N4O2/c16-11-2-1-3-12(17)14(11)24-8-13-20-21-22-23(13)9-4-6-10(7-5-9)25-15(18)19/h1-7,15H,8H2. The van der Waals surface area contributed by atoms with Gasteiger partial charge in [0.05, 0.1) is 14.6 Å². The van der Waals surface area contributed by atoms with Crippen molar-refractivity contribution < 1.29 is 18.3 Å². The number of ether oxygens (including phenoxy) is 2. The Hall–Kier alpha value is -2.07. The summed E-state index contributed by atoms with van der Waals surface area (Å²) in [5, 5.41) is 11.5. The predicted molar refractivity (Wildman–Crippen MR) is 92.0 cm³/mol. The van der Waals surface area contributed by atoms with E-state index in [9.17, 15) is 8.78 Å². The average Bonchev–Trinajstić information content (AvgIpc) is 3.03. The van der Waals surface area contributed by atoms with Crippen molar-refractivity contribution >= 4 is 31.9 Å². The van der Waals surface area contributed by atoms with Crippen molar-refractivity contribution in [1.82, 2.24) is 20.2 Å². The van der Waals surface area contributed by atoms with E-state index in [1.54, 1.807) is 12.1 Å². The van der Waals surface area contributed by atoms with Gasteiger partial charge in [-0.05, 0) is 78.7 Å². The molecule has 0 saturated carbocycles. The van der Waals surface area contributed by atoms with Crippen molar-refractivity contribution in [1.29, 1.82) is 0 Å². The van der Waals surface area contributed by atoms with Crippen molar-refractivity contribution in [3.05, 3.63) is 57.2 Å². The summed E-state index contributed by atoms with van der Waals surface area (Å²) in [4.78, 5) is 0. The lowest BCUT2D eigenvalue weighted by molar-refractivity contribution is -0.0498. The number of hydrogen-bond acceptors (Lipinski definition) is 5. The van der Waals surface area contributed by atoms with Crippen LogP contribution in [0.4, 0.5) is 8.78 Å². The molecule has 6 nitrogen and oxygen atoms in total. The molecule has 0 amide bonds. The number of para-hydroxylation sites is 1. The number of halogens is 4. The molecule has 0 radical (unpaired) electrons. The first-order valence-corrected chi connectivity index (χ1v) is 8.52. The summed E-state index contributed by atoms with van der Waals surface area (Å²) < 4.78 is 37.5. The molecule has 1 aromatic heterocycles. The number of rotatable bonds is 6. The first-order chi connectivity index (χ1) is 12.0. The number of nitrogens with zero attached hydrogens (tertiary/aromatic N) is 4. The summed E-state index contributed by atoms with van der Waals surface area (Å²) in [5.74, 6) is 1.13. The fraction of sp³-hybridized carbons (Fsp3) is 0.133. The maximum atomic E-state index is 12.2. The number of alkyl halides is 2. The van der Waals surface area contributed by atoms with Crippen LogP contribution in [0.2, 0.25) is 0 Å². The van der Waals surface area contributed by atoms with E-state index in [0.717, 1.165) is 8.95 Å². The van der Waals surface area contributed by atoms with E-state index in [2.05, 4.69) is 52.1 Å². The molecule has 0 saturated heterocycles. The molecular weight excluding hydrogens is 466 g/mol. The van der Waals surface area contributed by atoms with E-state index >= 15 is 0 Å². The molecule has 0 spiro atoms. The quantitative estimate of drug-likeness (QED) is 0.529. The molecule has 25 heavy (non-hydrogen) atoms. The van der Waals surface area contributed by atoms with Gasteiger partial charge in [0, 0.05) is 0 Å². The largest absolute Gasteiger partial charge is 0.483 e. The molecule has 0 unspecified atom stereocenters. The zero-order valence-electron chi connectivity index (χ0n) is 12.4. The van der Waals surface area contributed by atoms with Crippen LogP contribution < -0.4 is 9.47 Å². The van der Waals surface area contributed by atoms with E-state index in [1.807, 2.05) is 18.2 Å². The van der Waals surface area contributed by atoms with E-state index in [0.29, 0.717) is 17.3 Å². The Balaban J connectivity index is 1.76. The van der Waals surface area contributed by atoms with Crippen LogP contribution in [-0.4, -0.2) is 26.8 Å². The molecule has 0 N–H and O–H groups in total. The number of benzene rings is 2. The molecule has 0 fully saturated rings. The van der Waals surface area contributed by atoms with Crippen LogP contribution in [0.3, 0.4) is 0 Å². The minimum atomic E-state index is -2.87. The van der Waals surface area contributed by atoms with Gasteiger partial charge < -0.3 is 9.47 Å². The van der Waals surface area contributed by atoms with Gasteiger partial charge in [-0.15, -0.1) is 5.10 Å². The molecule has 130 valence electrons. The average molecular weight is 476 g/mol. The summed E-state index contributed by atoms with van der Waals surface area (Å²) >= 11 is 6.83. The Morgan fingerprint density at radius 3 is 2.36 bits per heavy atom. The first kappa shape index (κ1) is 17.7. The highest BCUT2D eigenvalue weighted by atomic mass is 79.9. The molecule has 3 aromatic rings. The lowest BCUT2D eigenvalue weighted by atomic mass is 10.3. The summed E-state index contributed by atoms with van der Waals surface area (Å²) in [5.41, 5.74) is 0.594. The van der Waals surface area contributed by atoms with Gasteiger partial charge in [0.1, 0.15) is 18.1 Å². The number of aromatic nitrogens is 4. The van der Waals surface area contributed by atoms with Gasteiger partial charge in [-0.25, -0.2) is 0 Å². The monoisotopic (exact) mass is 474 g/mol. The second-order valence-corrected chi connectivity index (χ2v) is 6.43. The normalized spacial score (nSPS) is 10.9. The smallest absolute Gasteiger partial charge is 0.387 e. The Kier molecular flexibility index (Phi) is 5.59. The third-order valence-corrected chi connectivity index (χ3v) is 4.35. The molecule has 0 aliphatic heterocycles. The second kappa shape index (κ2) is 7.87. The predicted octanol–water partition coefficient (Wildman–Crippen LogP) is 4.37. The van der Waals surface area contributed by atoms with Crippen molar-refractivity contribution in [3.8, 4) is 17.2 Å². The van der Waals surface area contributed by atoms with Gasteiger partial charge in [-0.2, -0.15) is 13.5 Å². The molecule has 0 aliphatic carbocycles. The lowest BCUT2D eigenvalue weighted by Gasteiger charge is -2.10. The molecule has 0 bridgehead atoms. The van der Waals surface area contributed by atoms with E-state index in [-0.39, 0.29) is 12.4 Å². The van der Waals surface area contributed by atoms with Gasteiger partial charge in [0.15, 0.2) is 5.82 Å². The van der Waals surface area contributed by atoms with Gasteiger partial charge in [-0.3, -0.25) is 0 Å². The maximum absolute atomic E-state index is 12.2. The fourth-order valence-corrected chi connectivity index (χ4v) is 3.25. The molecule has 10 heteroatoms. The van der Waals surface area contributed by atoms with Gasteiger partial charge in [-0.1, -0.05) is 6.07 Å². The third-order valence-electron chi connectivity index (χ3n) is 3.11. The van der Waals surface area contributed by atoms with Crippen LogP contribution in [0.15, 0.2) is 51.4 Å². The number of hydrogen-bond donors (Lipinski definition) is 0. The highest BCUT2D eigenvalue weighted by Crippen LogP contribution is 2.33. The Morgan fingerprint density at radius 1 is 1.04 bits per heavy atom. The Bertz CT molecular complexity index is 839. The molecule has 0 aliphatic rings. The van der Waals surface area contributed by atoms with Crippen LogP contribution in [0.25, 0.3) is 5.69 Å². The summed E-state index contributed by atoms with van der Waals surface area (Å²) in [6.07, 6.45) is 0. The van der Waals surface area contributed by atoms with Crippen LogP contribution in [0.5, 0.6) is 11.5 Å². The molecule has 3 rings (SSSR count).